The number of aromatic nitrogens is 2. The molecule has 0 unspecified atom stereocenters. The zero-order valence-corrected chi connectivity index (χ0v) is 10.8. The third kappa shape index (κ3) is 2.52. The minimum absolute atomic E-state index is 0.434. The Morgan fingerprint density at radius 1 is 1.22 bits per heavy atom. The molecule has 5 nitrogen and oxygen atoms in total. The number of benzene rings is 1. The maximum Gasteiger partial charge on any atom is 0.227 e. The first-order valence-corrected chi connectivity index (χ1v) is 5.74. The van der Waals surface area contributed by atoms with Crippen LogP contribution in [0.2, 0.25) is 5.02 Å². The van der Waals surface area contributed by atoms with E-state index in [0.717, 1.165) is 5.56 Å². The van der Waals surface area contributed by atoms with Gasteiger partial charge in [0.25, 0.3) is 0 Å². The molecule has 0 aliphatic heterocycles. The van der Waals surface area contributed by atoms with E-state index in [1.807, 2.05) is 19.1 Å². The van der Waals surface area contributed by atoms with Gasteiger partial charge in [0.2, 0.25) is 5.88 Å². The van der Waals surface area contributed by atoms with Gasteiger partial charge in [-0.1, -0.05) is 23.7 Å². The maximum absolute atomic E-state index is 6.03. The van der Waals surface area contributed by atoms with E-state index in [1.54, 1.807) is 19.1 Å². The Bertz CT molecular complexity index is 574. The molecule has 0 aliphatic rings. The number of nitrogens with zero attached hydrogens (tertiary/aromatic N) is 2. The second kappa shape index (κ2) is 5.20. The second-order valence-corrected chi connectivity index (χ2v) is 4.13. The van der Waals surface area contributed by atoms with Gasteiger partial charge in [-0.25, -0.2) is 10.8 Å². The Morgan fingerprint density at radius 3 is 2.61 bits per heavy atom. The lowest BCUT2D eigenvalue weighted by Gasteiger charge is -2.12. The van der Waals surface area contributed by atoms with E-state index in [1.165, 1.54) is 0 Å². The van der Waals surface area contributed by atoms with Gasteiger partial charge < -0.3 is 10.2 Å². The summed E-state index contributed by atoms with van der Waals surface area (Å²) in [6.45, 7) is 3.58. The van der Waals surface area contributed by atoms with Crippen molar-refractivity contribution in [1.82, 2.24) is 9.97 Å². The first-order valence-electron chi connectivity index (χ1n) is 5.36. The summed E-state index contributed by atoms with van der Waals surface area (Å²) >= 11 is 6.03. The summed E-state index contributed by atoms with van der Waals surface area (Å²) in [5, 5.41) is 0.524. The SMILES string of the molecule is Cc1nc(NN)c(C)c(Oc2ccccc2Cl)n1. The summed E-state index contributed by atoms with van der Waals surface area (Å²) < 4.78 is 5.68. The number of nitrogens with one attached hydrogen (secondary N) is 1. The number of halogens is 1. The average molecular weight is 265 g/mol. The van der Waals surface area contributed by atoms with E-state index in [2.05, 4.69) is 15.4 Å². The normalized spacial score (nSPS) is 10.2. The molecule has 1 aromatic carbocycles. The first-order chi connectivity index (χ1) is 8.61. The molecule has 0 fully saturated rings. The van der Waals surface area contributed by atoms with Gasteiger partial charge in [0.1, 0.15) is 17.4 Å². The van der Waals surface area contributed by atoms with Gasteiger partial charge in [0.05, 0.1) is 10.6 Å². The minimum Gasteiger partial charge on any atom is -0.437 e. The smallest absolute Gasteiger partial charge is 0.227 e. The van der Waals surface area contributed by atoms with Crippen molar-refractivity contribution >= 4 is 17.4 Å². The molecule has 0 spiro atoms. The number of nitrogen functional groups attached to an aromatic ring is 1. The van der Waals surface area contributed by atoms with Crippen molar-refractivity contribution < 1.29 is 4.74 Å². The molecule has 0 saturated carbocycles. The number of aryl methyl sites for hydroxylation is 1. The number of anilines is 1. The van der Waals surface area contributed by atoms with E-state index in [4.69, 9.17) is 22.2 Å². The predicted molar refractivity (Wildman–Crippen MR) is 70.8 cm³/mol. The summed E-state index contributed by atoms with van der Waals surface area (Å²) in [6.07, 6.45) is 0. The van der Waals surface area contributed by atoms with Crippen LogP contribution in [0.4, 0.5) is 5.82 Å². The Morgan fingerprint density at radius 2 is 1.94 bits per heavy atom. The van der Waals surface area contributed by atoms with Crippen molar-refractivity contribution in [2.45, 2.75) is 13.8 Å². The van der Waals surface area contributed by atoms with Crippen molar-refractivity contribution in [3.05, 3.63) is 40.7 Å². The summed E-state index contributed by atoms with van der Waals surface area (Å²) in [4.78, 5) is 8.39. The molecule has 18 heavy (non-hydrogen) atoms. The minimum atomic E-state index is 0.434. The molecule has 0 bridgehead atoms. The standard InChI is InChI=1S/C12H13ClN4O/c1-7-11(17-14)15-8(2)16-12(7)18-10-6-4-3-5-9(10)13/h3-6H,14H2,1-2H3,(H,15,16,17). The van der Waals surface area contributed by atoms with Crippen LogP contribution in [-0.4, -0.2) is 9.97 Å². The summed E-state index contributed by atoms with van der Waals surface area (Å²) in [5.74, 6) is 7.47. The highest BCUT2D eigenvalue weighted by Gasteiger charge is 2.11. The summed E-state index contributed by atoms with van der Waals surface area (Å²) in [7, 11) is 0. The van der Waals surface area contributed by atoms with Gasteiger partial charge >= 0.3 is 0 Å². The lowest BCUT2D eigenvalue weighted by molar-refractivity contribution is 0.456. The largest absolute Gasteiger partial charge is 0.437 e. The van der Waals surface area contributed by atoms with Crippen LogP contribution >= 0.6 is 11.6 Å². The molecule has 1 heterocycles. The van der Waals surface area contributed by atoms with Crippen molar-refractivity contribution in [1.29, 1.82) is 0 Å². The molecule has 3 N–H and O–H groups in total. The van der Waals surface area contributed by atoms with Crippen molar-refractivity contribution in [3.63, 3.8) is 0 Å². The number of nitrogens with two attached hydrogens (primary N) is 1. The van der Waals surface area contributed by atoms with Crippen molar-refractivity contribution in [2.75, 3.05) is 5.43 Å². The lowest BCUT2D eigenvalue weighted by Crippen LogP contribution is -2.12. The van der Waals surface area contributed by atoms with Crippen molar-refractivity contribution in [3.8, 4) is 11.6 Å². The van der Waals surface area contributed by atoms with E-state index < -0.39 is 0 Å². The Balaban J connectivity index is 2.40. The van der Waals surface area contributed by atoms with Crippen LogP contribution in [0.25, 0.3) is 0 Å². The van der Waals surface area contributed by atoms with Crippen LogP contribution in [0.1, 0.15) is 11.4 Å². The highest BCUT2D eigenvalue weighted by atomic mass is 35.5. The Labute approximate surface area is 110 Å². The van der Waals surface area contributed by atoms with Crippen LogP contribution < -0.4 is 16.0 Å². The number of ether oxygens (including phenoxy) is 1. The van der Waals surface area contributed by atoms with E-state index in [-0.39, 0.29) is 0 Å². The molecule has 6 heteroatoms. The quantitative estimate of drug-likeness (QED) is 0.659. The topological polar surface area (TPSA) is 73.1 Å². The maximum atomic E-state index is 6.03. The van der Waals surface area contributed by atoms with Crippen LogP contribution in [0, 0.1) is 13.8 Å². The third-order valence-electron chi connectivity index (χ3n) is 2.39. The fraction of sp³-hybridized carbons (Fsp3) is 0.167. The molecule has 2 rings (SSSR count). The molecular formula is C12H13ClN4O. The van der Waals surface area contributed by atoms with E-state index >= 15 is 0 Å². The van der Waals surface area contributed by atoms with E-state index in [9.17, 15) is 0 Å². The Kier molecular flexibility index (Phi) is 3.64. The zero-order chi connectivity index (χ0) is 13.1. The first kappa shape index (κ1) is 12.6. The lowest BCUT2D eigenvalue weighted by atomic mass is 10.3. The molecular weight excluding hydrogens is 252 g/mol. The molecule has 0 aliphatic carbocycles. The number of para-hydroxylation sites is 1. The molecule has 1 aromatic heterocycles. The van der Waals surface area contributed by atoms with Crippen LogP contribution in [0.3, 0.4) is 0 Å². The van der Waals surface area contributed by atoms with Gasteiger partial charge in [-0.3, -0.25) is 0 Å². The number of hydrogen-bond donors (Lipinski definition) is 2. The molecule has 94 valence electrons. The zero-order valence-electron chi connectivity index (χ0n) is 10.1. The fourth-order valence-electron chi connectivity index (χ4n) is 1.47. The molecule has 0 radical (unpaired) electrons. The van der Waals surface area contributed by atoms with Gasteiger partial charge in [0, 0.05) is 0 Å². The second-order valence-electron chi connectivity index (χ2n) is 3.73. The summed E-state index contributed by atoms with van der Waals surface area (Å²) in [5.41, 5.74) is 3.24. The molecule has 0 atom stereocenters. The van der Waals surface area contributed by atoms with Crippen LogP contribution in [0.5, 0.6) is 11.6 Å². The van der Waals surface area contributed by atoms with Gasteiger partial charge in [-0.05, 0) is 26.0 Å². The van der Waals surface area contributed by atoms with Gasteiger partial charge in [0.15, 0.2) is 0 Å². The molecule has 2 aromatic rings. The van der Waals surface area contributed by atoms with Crippen LogP contribution in [-0.2, 0) is 0 Å². The predicted octanol–water partition coefficient (Wildman–Crippen LogP) is 2.82. The van der Waals surface area contributed by atoms with Gasteiger partial charge in [-0.2, -0.15) is 4.98 Å². The summed E-state index contributed by atoms with van der Waals surface area (Å²) in [6, 6.07) is 7.20. The average Bonchev–Trinajstić information content (AvgIpc) is 2.36. The number of hydrogen-bond acceptors (Lipinski definition) is 5. The van der Waals surface area contributed by atoms with Gasteiger partial charge in [-0.15, -0.1) is 0 Å². The van der Waals surface area contributed by atoms with Crippen molar-refractivity contribution in [2.24, 2.45) is 5.84 Å². The monoisotopic (exact) mass is 264 g/mol. The highest BCUT2D eigenvalue weighted by Crippen LogP contribution is 2.31. The third-order valence-corrected chi connectivity index (χ3v) is 2.71. The van der Waals surface area contributed by atoms with Crippen LogP contribution in [0.15, 0.2) is 24.3 Å². The fourth-order valence-corrected chi connectivity index (χ4v) is 1.65. The molecule has 0 saturated heterocycles. The number of rotatable bonds is 3. The Hall–Kier alpha value is -1.85. The highest BCUT2D eigenvalue weighted by molar-refractivity contribution is 6.32. The number of hydrazine groups is 1. The van der Waals surface area contributed by atoms with E-state index in [0.29, 0.717) is 28.3 Å². The molecule has 0 amide bonds.